The molecule has 0 saturated carbocycles. The van der Waals surface area contributed by atoms with Crippen molar-refractivity contribution in [3.8, 4) is 0 Å². The van der Waals surface area contributed by atoms with Crippen LogP contribution in [0.25, 0.3) is 0 Å². The summed E-state index contributed by atoms with van der Waals surface area (Å²) in [6.45, 7) is 0.397. The molecular weight excluding hydrogens is 345 g/mol. The minimum atomic E-state index is -0.866. The predicted octanol–water partition coefficient (Wildman–Crippen LogP) is 3.96. The fourth-order valence-electron chi connectivity index (χ4n) is 1.85. The summed E-state index contributed by atoms with van der Waals surface area (Å²) in [5.74, 6) is -1.18. The topological polar surface area (TPSA) is 49.3 Å². The van der Waals surface area contributed by atoms with Crippen LogP contribution >= 0.6 is 27.3 Å². The molecule has 0 bridgehead atoms. The third kappa shape index (κ3) is 4.13. The number of carboxylic acid groups (broad SMARTS) is 1. The SMILES string of the molecule is O=C(O)CC(NCc1cc(F)ccc1Br)c1cccs1. The number of nitrogens with one attached hydrogen (secondary N) is 1. The number of hydrogen-bond acceptors (Lipinski definition) is 3. The maximum Gasteiger partial charge on any atom is 0.305 e. The van der Waals surface area contributed by atoms with Gasteiger partial charge >= 0.3 is 5.97 Å². The molecule has 0 fully saturated rings. The lowest BCUT2D eigenvalue weighted by Crippen LogP contribution is -2.23. The van der Waals surface area contributed by atoms with Crippen molar-refractivity contribution in [2.75, 3.05) is 0 Å². The number of benzene rings is 1. The van der Waals surface area contributed by atoms with Crippen molar-refractivity contribution in [1.82, 2.24) is 5.32 Å². The van der Waals surface area contributed by atoms with Gasteiger partial charge in [0.2, 0.25) is 0 Å². The second-order valence-electron chi connectivity index (χ2n) is 4.28. The van der Waals surface area contributed by atoms with Gasteiger partial charge < -0.3 is 10.4 Å². The third-order valence-corrected chi connectivity index (χ3v) is 4.57. The van der Waals surface area contributed by atoms with Crippen LogP contribution in [0.4, 0.5) is 4.39 Å². The Morgan fingerprint density at radius 2 is 2.25 bits per heavy atom. The van der Waals surface area contributed by atoms with Gasteiger partial charge in [0.05, 0.1) is 12.5 Å². The van der Waals surface area contributed by atoms with E-state index in [9.17, 15) is 9.18 Å². The molecule has 20 heavy (non-hydrogen) atoms. The summed E-state index contributed by atoms with van der Waals surface area (Å²) in [6.07, 6.45) is -0.00650. The Bertz CT molecular complexity index is 589. The first-order chi connectivity index (χ1) is 9.56. The number of aliphatic carboxylic acids is 1. The van der Waals surface area contributed by atoms with Gasteiger partial charge in [-0.2, -0.15) is 0 Å². The van der Waals surface area contributed by atoms with E-state index in [-0.39, 0.29) is 18.3 Å². The van der Waals surface area contributed by atoms with E-state index in [4.69, 9.17) is 5.11 Å². The highest BCUT2D eigenvalue weighted by Gasteiger charge is 2.16. The Balaban J connectivity index is 2.08. The van der Waals surface area contributed by atoms with Crippen LogP contribution in [-0.2, 0) is 11.3 Å². The van der Waals surface area contributed by atoms with Crippen LogP contribution in [0, 0.1) is 5.82 Å². The average molecular weight is 358 g/mol. The Morgan fingerprint density at radius 1 is 1.45 bits per heavy atom. The lowest BCUT2D eigenvalue weighted by molar-refractivity contribution is -0.137. The molecular formula is C14H13BrFNO2S. The fourth-order valence-corrected chi connectivity index (χ4v) is 3.04. The zero-order chi connectivity index (χ0) is 14.5. The van der Waals surface area contributed by atoms with E-state index < -0.39 is 5.97 Å². The van der Waals surface area contributed by atoms with E-state index in [0.29, 0.717) is 6.54 Å². The van der Waals surface area contributed by atoms with Crippen molar-refractivity contribution in [2.45, 2.75) is 19.0 Å². The summed E-state index contributed by atoms with van der Waals surface area (Å²) in [4.78, 5) is 11.9. The zero-order valence-electron chi connectivity index (χ0n) is 10.5. The smallest absolute Gasteiger partial charge is 0.305 e. The van der Waals surface area contributed by atoms with Gasteiger partial charge in [0.25, 0.3) is 0 Å². The van der Waals surface area contributed by atoms with Gasteiger partial charge in [-0.3, -0.25) is 4.79 Å². The van der Waals surface area contributed by atoms with Crippen LogP contribution in [0.1, 0.15) is 22.9 Å². The van der Waals surface area contributed by atoms with Crippen LogP contribution in [-0.4, -0.2) is 11.1 Å². The summed E-state index contributed by atoms with van der Waals surface area (Å²) in [5.41, 5.74) is 0.761. The van der Waals surface area contributed by atoms with Crippen molar-refractivity contribution in [2.24, 2.45) is 0 Å². The first-order valence-corrected chi connectivity index (χ1v) is 7.66. The molecule has 2 rings (SSSR count). The molecule has 0 radical (unpaired) electrons. The second kappa shape index (κ2) is 6.97. The highest BCUT2D eigenvalue weighted by Crippen LogP contribution is 2.24. The molecule has 1 aromatic carbocycles. The Kier molecular flexibility index (Phi) is 5.28. The van der Waals surface area contributed by atoms with Gasteiger partial charge in [-0.1, -0.05) is 22.0 Å². The van der Waals surface area contributed by atoms with E-state index in [1.165, 1.54) is 23.5 Å². The monoisotopic (exact) mass is 357 g/mol. The normalized spacial score (nSPS) is 12.3. The van der Waals surface area contributed by atoms with E-state index in [1.807, 2.05) is 17.5 Å². The van der Waals surface area contributed by atoms with Crippen LogP contribution < -0.4 is 5.32 Å². The Morgan fingerprint density at radius 3 is 2.90 bits per heavy atom. The maximum atomic E-state index is 13.2. The Hall–Kier alpha value is -1.24. The first-order valence-electron chi connectivity index (χ1n) is 5.99. The standard InChI is InChI=1S/C14H13BrFNO2S/c15-11-4-3-10(16)6-9(11)8-17-12(7-14(18)19)13-2-1-5-20-13/h1-6,12,17H,7-8H2,(H,18,19). The van der Waals surface area contributed by atoms with E-state index >= 15 is 0 Å². The molecule has 2 aromatic rings. The minimum Gasteiger partial charge on any atom is -0.481 e. The molecule has 1 unspecified atom stereocenters. The number of rotatable bonds is 6. The number of hydrogen-bond donors (Lipinski definition) is 2. The molecule has 0 aliphatic carbocycles. The van der Waals surface area contributed by atoms with Crippen molar-refractivity contribution >= 4 is 33.2 Å². The largest absolute Gasteiger partial charge is 0.481 e. The van der Waals surface area contributed by atoms with E-state index in [1.54, 1.807) is 6.07 Å². The molecule has 0 saturated heterocycles. The summed E-state index contributed by atoms with van der Waals surface area (Å²) >= 11 is 4.86. The molecule has 1 heterocycles. The molecule has 0 amide bonds. The van der Waals surface area contributed by atoms with E-state index in [2.05, 4.69) is 21.2 Å². The predicted molar refractivity (Wildman–Crippen MR) is 80.3 cm³/mol. The molecule has 2 N–H and O–H groups in total. The van der Waals surface area contributed by atoms with Crippen molar-refractivity contribution in [1.29, 1.82) is 0 Å². The molecule has 106 valence electrons. The summed E-state index contributed by atoms with van der Waals surface area (Å²) < 4.78 is 14.0. The van der Waals surface area contributed by atoms with Crippen LogP contribution in [0.15, 0.2) is 40.2 Å². The molecule has 0 aliphatic heterocycles. The number of carbonyl (C=O) groups is 1. The zero-order valence-corrected chi connectivity index (χ0v) is 12.9. The van der Waals surface area contributed by atoms with Gasteiger partial charge in [0.1, 0.15) is 5.82 Å². The molecule has 0 aliphatic rings. The minimum absolute atomic E-state index is 0.00650. The third-order valence-electron chi connectivity index (χ3n) is 2.81. The lowest BCUT2D eigenvalue weighted by atomic mass is 10.1. The first kappa shape index (κ1) is 15.2. The molecule has 3 nitrogen and oxygen atoms in total. The summed E-state index contributed by atoms with van der Waals surface area (Å²) in [5, 5.41) is 14.1. The van der Waals surface area contributed by atoms with Crippen LogP contribution in [0.5, 0.6) is 0 Å². The number of carboxylic acids is 1. The quantitative estimate of drug-likeness (QED) is 0.822. The highest BCUT2D eigenvalue weighted by molar-refractivity contribution is 9.10. The van der Waals surface area contributed by atoms with Gasteiger partial charge in [-0.15, -0.1) is 11.3 Å². The van der Waals surface area contributed by atoms with Gasteiger partial charge in [0, 0.05) is 15.9 Å². The number of halogens is 2. The van der Waals surface area contributed by atoms with Crippen LogP contribution in [0.3, 0.4) is 0 Å². The average Bonchev–Trinajstić information content (AvgIpc) is 2.91. The van der Waals surface area contributed by atoms with Crippen molar-refractivity contribution in [3.05, 3.63) is 56.4 Å². The van der Waals surface area contributed by atoms with Gasteiger partial charge in [0.15, 0.2) is 0 Å². The highest BCUT2D eigenvalue weighted by atomic mass is 79.9. The van der Waals surface area contributed by atoms with Crippen LogP contribution in [0.2, 0.25) is 0 Å². The fraction of sp³-hybridized carbons (Fsp3) is 0.214. The van der Waals surface area contributed by atoms with E-state index in [0.717, 1.165) is 14.9 Å². The Labute approximate surface area is 128 Å². The molecule has 0 spiro atoms. The number of thiophene rings is 1. The maximum absolute atomic E-state index is 13.2. The van der Waals surface area contributed by atoms with Gasteiger partial charge in [-0.05, 0) is 35.2 Å². The summed E-state index contributed by atoms with van der Waals surface area (Å²) in [6, 6.07) is 7.96. The second-order valence-corrected chi connectivity index (χ2v) is 6.12. The lowest BCUT2D eigenvalue weighted by Gasteiger charge is -2.16. The molecule has 1 atom stereocenters. The van der Waals surface area contributed by atoms with Crippen molar-refractivity contribution in [3.63, 3.8) is 0 Å². The van der Waals surface area contributed by atoms with Gasteiger partial charge in [-0.25, -0.2) is 4.39 Å². The molecule has 1 aromatic heterocycles. The molecule has 6 heteroatoms. The van der Waals surface area contributed by atoms with Crippen molar-refractivity contribution < 1.29 is 14.3 Å². The summed E-state index contributed by atoms with van der Waals surface area (Å²) in [7, 11) is 0.